The molecule has 0 aliphatic rings. The van der Waals surface area contributed by atoms with Crippen LogP contribution in [0.4, 0.5) is 5.69 Å². The Hall–Kier alpha value is -2.53. The van der Waals surface area contributed by atoms with Gasteiger partial charge in [-0.2, -0.15) is 0 Å². The van der Waals surface area contributed by atoms with Crippen molar-refractivity contribution < 1.29 is 9.53 Å². The van der Waals surface area contributed by atoms with E-state index in [2.05, 4.69) is 10.3 Å². The number of nitrogens with one attached hydrogen (secondary N) is 1. The van der Waals surface area contributed by atoms with Crippen LogP contribution in [0.5, 0.6) is 5.75 Å². The third-order valence-corrected chi connectivity index (χ3v) is 3.25. The highest BCUT2D eigenvalue weighted by atomic mass is 16.5. The Kier molecular flexibility index (Phi) is 4.79. The summed E-state index contributed by atoms with van der Waals surface area (Å²) in [5, 5.41) is 0. The topological polar surface area (TPSA) is 67.6 Å². The minimum atomic E-state index is -0.288. The number of amides is 1. The Labute approximate surface area is 124 Å². The molecule has 0 fully saturated rings. The first-order valence-corrected chi connectivity index (χ1v) is 6.59. The largest absolute Gasteiger partial charge is 0.497 e. The van der Waals surface area contributed by atoms with Crippen LogP contribution in [0.25, 0.3) is 0 Å². The fraction of sp³-hybridized carbons (Fsp3) is 0.188. The third-order valence-electron chi connectivity index (χ3n) is 3.25. The molecule has 2 aromatic rings. The Morgan fingerprint density at radius 2 is 1.95 bits per heavy atom. The first-order valence-electron chi connectivity index (χ1n) is 6.59. The SMILES string of the molecule is COc1ccc(N(C)Cc2cccc(C(=O)NN)c2)cc1. The summed E-state index contributed by atoms with van der Waals surface area (Å²) in [6, 6.07) is 15.2. The Morgan fingerprint density at radius 3 is 2.57 bits per heavy atom. The van der Waals surface area contributed by atoms with Gasteiger partial charge in [0, 0.05) is 24.8 Å². The fourth-order valence-corrected chi connectivity index (χ4v) is 2.10. The number of carbonyl (C=O) groups excluding carboxylic acids is 1. The smallest absolute Gasteiger partial charge is 0.265 e. The molecule has 2 rings (SSSR count). The average Bonchev–Trinajstić information content (AvgIpc) is 2.54. The average molecular weight is 285 g/mol. The molecule has 1 amide bonds. The number of carbonyl (C=O) groups is 1. The van der Waals surface area contributed by atoms with Crippen molar-refractivity contribution in [3.63, 3.8) is 0 Å². The molecule has 2 aromatic carbocycles. The predicted octanol–water partition coefficient (Wildman–Crippen LogP) is 1.94. The molecule has 0 aliphatic carbocycles. The molecule has 0 aliphatic heterocycles. The van der Waals surface area contributed by atoms with E-state index in [0.29, 0.717) is 12.1 Å². The summed E-state index contributed by atoms with van der Waals surface area (Å²) in [5.74, 6) is 5.69. The second-order valence-electron chi connectivity index (χ2n) is 4.73. The molecule has 0 heterocycles. The number of hydrazine groups is 1. The molecule has 0 atom stereocenters. The van der Waals surface area contributed by atoms with E-state index in [0.717, 1.165) is 17.0 Å². The van der Waals surface area contributed by atoms with Gasteiger partial charge in [-0.15, -0.1) is 0 Å². The summed E-state index contributed by atoms with van der Waals surface area (Å²) < 4.78 is 5.15. The number of anilines is 1. The molecule has 0 saturated heterocycles. The lowest BCUT2D eigenvalue weighted by molar-refractivity contribution is 0.0953. The Balaban J connectivity index is 2.11. The van der Waals surface area contributed by atoms with E-state index < -0.39 is 0 Å². The van der Waals surface area contributed by atoms with Crippen LogP contribution in [0.1, 0.15) is 15.9 Å². The summed E-state index contributed by atoms with van der Waals surface area (Å²) in [6.45, 7) is 0.692. The van der Waals surface area contributed by atoms with Gasteiger partial charge in [0.1, 0.15) is 5.75 Å². The van der Waals surface area contributed by atoms with Gasteiger partial charge in [0.2, 0.25) is 0 Å². The van der Waals surface area contributed by atoms with Gasteiger partial charge in [-0.3, -0.25) is 10.2 Å². The van der Waals surface area contributed by atoms with Crippen molar-refractivity contribution in [1.29, 1.82) is 0 Å². The molecule has 21 heavy (non-hydrogen) atoms. The van der Waals surface area contributed by atoms with E-state index in [-0.39, 0.29) is 5.91 Å². The minimum absolute atomic E-state index is 0.288. The fourth-order valence-electron chi connectivity index (χ4n) is 2.10. The number of ether oxygens (including phenoxy) is 1. The number of methoxy groups -OCH3 is 1. The van der Waals surface area contributed by atoms with Gasteiger partial charge in [0.25, 0.3) is 5.91 Å². The molecule has 5 heteroatoms. The van der Waals surface area contributed by atoms with E-state index in [1.807, 2.05) is 49.5 Å². The van der Waals surface area contributed by atoms with Crippen LogP contribution in [0, 0.1) is 0 Å². The zero-order valence-electron chi connectivity index (χ0n) is 12.2. The molecular formula is C16H19N3O2. The molecular weight excluding hydrogens is 266 g/mol. The van der Waals surface area contributed by atoms with Crippen molar-refractivity contribution >= 4 is 11.6 Å². The molecule has 3 N–H and O–H groups in total. The van der Waals surface area contributed by atoms with Gasteiger partial charge in [-0.1, -0.05) is 12.1 Å². The molecule has 0 spiro atoms. The first-order chi connectivity index (χ1) is 10.1. The van der Waals surface area contributed by atoms with E-state index in [9.17, 15) is 4.79 Å². The number of hydrogen-bond acceptors (Lipinski definition) is 4. The predicted molar refractivity (Wildman–Crippen MR) is 83.2 cm³/mol. The van der Waals surface area contributed by atoms with Crippen molar-refractivity contribution in [3.05, 3.63) is 59.7 Å². The van der Waals surface area contributed by atoms with E-state index in [4.69, 9.17) is 10.6 Å². The molecule has 5 nitrogen and oxygen atoms in total. The van der Waals surface area contributed by atoms with Gasteiger partial charge in [-0.25, -0.2) is 5.84 Å². The number of nitrogens with two attached hydrogens (primary N) is 1. The molecule has 0 aromatic heterocycles. The maximum absolute atomic E-state index is 11.5. The highest BCUT2D eigenvalue weighted by molar-refractivity contribution is 5.93. The first kappa shape index (κ1) is 14.9. The van der Waals surface area contributed by atoms with Gasteiger partial charge < -0.3 is 9.64 Å². The van der Waals surface area contributed by atoms with Gasteiger partial charge in [0.15, 0.2) is 0 Å². The quantitative estimate of drug-likeness (QED) is 0.500. The van der Waals surface area contributed by atoms with Crippen LogP contribution in [-0.4, -0.2) is 20.1 Å². The van der Waals surface area contributed by atoms with E-state index in [1.165, 1.54) is 0 Å². The number of rotatable bonds is 5. The number of benzene rings is 2. The van der Waals surface area contributed by atoms with Crippen molar-refractivity contribution in [1.82, 2.24) is 5.43 Å². The van der Waals surface area contributed by atoms with Gasteiger partial charge in [-0.05, 0) is 42.0 Å². The zero-order chi connectivity index (χ0) is 15.2. The standard InChI is InChI=1S/C16H19N3O2/c1-19(14-6-8-15(21-2)9-7-14)11-12-4-3-5-13(10-12)16(20)18-17/h3-10H,11,17H2,1-2H3,(H,18,20). The lowest BCUT2D eigenvalue weighted by Gasteiger charge is -2.20. The number of hydrogen-bond donors (Lipinski definition) is 2. The van der Waals surface area contributed by atoms with E-state index in [1.54, 1.807) is 13.2 Å². The summed E-state index contributed by atoms with van der Waals surface area (Å²) in [5.41, 5.74) is 4.80. The van der Waals surface area contributed by atoms with Gasteiger partial charge in [0.05, 0.1) is 7.11 Å². The van der Waals surface area contributed by atoms with Crippen LogP contribution >= 0.6 is 0 Å². The summed E-state index contributed by atoms with van der Waals surface area (Å²) in [6.07, 6.45) is 0. The molecule has 0 saturated carbocycles. The van der Waals surface area contributed by atoms with Crippen molar-refractivity contribution in [2.75, 3.05) is 19.1 Å². The van der Waals surface area contributed by atoms with Crippen LogP contribution < -0.4 is 20.9 Å². The van der Waals surface area contributed by atoms with Crippen LogP contribution in [0.3, 0.4) is 0 Å². The third kappa shape index (κ3) is 3.73. The van der Waals surface area contributed by atoms with Crippen LogP contribution in [-0.2, 0) is 6.54 Å². The molecule has 0 unspecified atom stereocenters. The Morgan fingerprint density at radius 1 is 1.24 bits per heavy atom. The maximum Gasteiger partial charge on any atom is 0.265 e. The van der Waals surface area contributed by atoms with Crippen molar-refractivity contribution in [2.24, 2.45) is 5.84 Å². The van der Waals surface area contributed by atoms with Crippen molar-refractivity contribution in [2.45, 2.75) is 6.54 Å². The summed E-state index contributed by atoms with van der Waals surface area (Å²) >= 11 is 0. The monoisotopic (exact) mass is 285 g/mol. The van der Waals surface area contributed by atoms with Crippen LogP contribution in [0.2, 0.25) is 0 Å². The summed E-state index contributed by atoms with van der Waals surface area (Å²) in [4.78, 5) is 13.6. The highest BCUT2D eigenvalue weighted by Crippen LogP contribution is 2.20. The van der Waals surface area contributed by atoms with Crippen LogP contribution in [0.15, 0.2) is 48.5 Å². The van der Waals surface area contributed by atoms with Crippen molar-refractivity contribution in [3.8, 4) is 5.75 Å². The maximum atomic E-state index is 11.5. The number of nitrogens with zero attached hydrogens (tertiary/aromatic N) is 1. The lowest BCUT2D eigenvalue weighted by atomic mass is 10.1. The highest BCUT2D eigenvalue weighted by Gasteiger charge is 2.06. The minimum Gasteiger partial charge on any atom is -0.497 e. The van der Waals surface area contributed by atoms with Gasteiger partial charge >= 0.3 is 0 Å². The molecule has 0 bridgehead atoms. The second kappa shape index (κ2) is 6.76. The normalized spacial score (nSPS) is 10.0. The molecule has 0 radical (unpaired) electrons. The Bertz CT molecular complexity index is 611. The van der Waals surface area contributed by atoms with E-state index >= 15 is 0 Å². The zero-order valence-corrected chi connectivity index (χ0v) is 12.2. The number of nitrogen functional groups attached to an aromatic ring is 1. The molecule has 110 valence electrons. The second-order valence-corrected chi connectivity index (χ2v) is 4.73. The lowest BCUT2D eigenvalue weighted by Crippen LogP contribution is -2.30. The summed E-state index contributed by atoms with van der Waals surface area (Å²) in [7, 11) is 3.64.